The summed E-state index contributed by atoms with van der Waals surface area (Å²) in [6, 6.07) is 8.32. The van der Waals surface area contributed by atoms with Gasteiger partial charge in [0.1, 0.15) is 5.76 Å². The molecule has 4 heteroatoms. The highest BCUT2D eigenvalue weighted by Crippen LogP contribution is 2.29. The number of hydrogen-bond donors (Lipinski definition) is 1. The predicted molar refractivity (Wildman–Crippen MR) is 70.2 cm³/mol. The number of rotatable bonds is 3. The topological polar surface area (TPSA) is 28.4 Å². The first-order valence-electron chi connectivity index (χ1n) is 5.97. The van der Waals surface area contributed by atoms with Crippen LogP contribution in [-0.4, -0.2) is 31.1 Å². The molecule has 0 saturated carbocycles. The van der Waals surface area contributed by atoms with Gasteiger partial charge in [0, 0.05) is 37.6 Å². The maximum atomic E-state index is 5.41. The predicted octanol–water partition coefficient (Wildman–Crippen LogP) is 2.41. The molecule has 0 spiro atoms. The van der Waals surface area contributed by atoms with Gasteiger partial charge in [0.15, 0.2) is 0 Å². The number of piperazine rings is 1. The van der Waals surface area contributed by atoms with Crippen molar-refractivity contribution in [1.29, 1.82) is 0 Å². The molecule has 0 bridgehead atoms. The van der Waals surface area contributed by atoms with Crippen LogP contribution >= 0.6 is 11.3 Å². The molecule has 2 aromatic heterocycles. The molecule has 90 valence electrons. The Morgan fingerprint density at radius 2 is 2.12 bits per heavy atom. The third kappa shape index (κ3) is 2.60. The quantitative estimate of drug-likeness (QED) is 0.904. The molecule has 3 nitrogen and oxygen atoms in total. The highest BCUT2D eigenvalue weighted by molar-refractivity contribution is 7.15. The zero-order chi connectivity index (χ0) is 11.5. The molecular formula is C13H16N2OS. The van der Waals surface area contributed by atoms with Crippen LogP contribution in [0.4, 0.5) is 0 Å². The fourth-order valence-electron chi connectivity index (χ4n) is 2.10. The van der Waals surface area contributed by atoms with Crippen LogP contribution < -0.4 is 5.32 Å². The number of furan rings is 1. The van der Waals surface area contributed by atoms with E-state index in [-0.39, 0.29) is 0 Å². The lowest BCUT2D eigenvalue weighted by Crippen LogP contribution is -2.42. The van der Waals surface area contributed by atoms with Crippen molar-refractivity contribution in [2.24, 2.45) is 0 Å². The van der Waals surface area contributed by atoms with E-state index >= 15 is 0 Å². The molecule has 1 saturated heterocycles. The van der Waals surface area contributed by atoms with Gasteiger partial charge in [-0.1, -0.05) is 0 Å². The van der Waals surface area contributed by atoms with Crippen LogP contribution in [0, 0.1) is 0 Å². The minimum atomic E-state index is 0.974. The fourth-order valence-corrected chi connectivity index (χ4v) is 3.12. The van der Waals surface area contributed by atoms with Crippen molar-refractivity contribution in [1.82, 2.24) is 10.2 Å². The Kier molecular flexibility index (Phi) is 3.27. The van der Waals surface area contributed by atoms with Gasteiger partial charge in [-0.3, -0.25) is 4.90 Å². The number of nitrogens with zero attached hydrogens (tertiary/aromatic N) is 1. The second-order valence-electron chi connectivity index (χ2n) is 4.27. The van der Waals surface area contributed by atoms with Crippen LogP contribution in [0.15, 0.2) is 34.9 Å². The Labute approximate surface area is 105 Å². The smallest absolute Gasteiger partial charge is 0.143 e. The van der Waals surface area contributed by atoms with E-state index in [9.17, 15) is 0 Å². The average molecular weight is 248 g/mol. The zero-order valence-corrected chi connectivity index (χ0v) is 10.5. The van der Waals surface area contributed by atoms with Crippen molar-refractivity contribution >= 4 is 11.3 Å². The lowest BCUT2D eigenvalue weighted by molar-refractivity contribution is 0.235. The number of hydrogen-bond acceptors (Lipinski definition) is 4. The molecule has 3 heterocycles. The fraction of sp³-hybridized carbons (Fsp3) is 0.385. The molecule has 2 aromatic rings. The summed E-state index contributed by atoms with van der Waals surface area (Å²) >= 11 is 1.83. The molecule has 0 unspecified atom stereocenters. The molecule has 1 N–H and O–H groups in total. The highest BCUT2D eigenvalue weighted by atomic mass is 32.1. The van der Waals surface area contributed by atoms with E-state index in [1.807, 2.05) is 23.5 Å². The van der Waals surface area contributed by atoms with E-state index in [2.05, 4.69) is 22.3 Å². The van der Waals surface area contributed by atoms with Crippen molar-refractivity contribution in [2.45, 2.75) is 6.54 Å². The minimum Gasteiger partial charge on any atom is -0.464 e. The lowest BCUT2D eigenvalue weighted by atomic mass is 10.3. The molecule has 1 aliphatic heterocycles. The monoisotopic (exact) mass is 248 g/mol. The first-order valence-corrected chi connectivity index (χ1v) is 6.79. The summed E-state index contributed by atoms with van der Waals surface area (Å²) in [5, 5.41) is 3.37. The highest BCUT2D eigenvalue weighted by Gasteiger charge is 2.12. The molecule has 0 amide bonds. The first-order chi connectivity index (χ1) is 8.42. The van der Waals surface area contributed by atoms with E-state index in [1.54, 1.807) is 6.26 Å². The van der Waals surface area contributed by atoms with Gasteiger partial charge in [-0.2, -0.15) is 0 Å². The van der Waals surface area contributed by atoms with Crippen LogP contribution in [0.1, 0.15) is 4.88 Å². The lowest BCUT2D eigenvalue weighted by Gasteiger charge is -2.26. The summed E-state index contributed by atoms with van der Waals surface area (Å²) in [5.41, 5.74) is 0. The summed E-state index contributed by atoms with van der Waals surface area (Å²) in [5.74, 6) is 0.974. The molecule has 0 aromatic carbocycles. The van der Waals surface area contributed by atoms with Crippen LogP contribution in [0.2, 0.25) is 0 Å². The Morgan fingerprint density at radius 3 is 2.88 bits per heavy atom. The van der Waals surface area contributed by atoms with Crippen molar-refractivity contribution in [3.8, 4) is 10.6 Å². The molecule has 17 heavy (non-hydrogen) atoms. The molecule has 1 fully saturated rings. The zero-order valence-electron chi connectivity index (χ0n) is 9.69. The van der Waals surface area contributed by atoms with Crippen LogP contribution in [0.25, 0.3) is 10.6 Å². The molecule has 0 atom stereocenters. The largest absolute Gasteiger partial charge is 0.464 e. The maximum absolute atomic E-state index is 5.41. The maximum Gasteiger partial charge on any atom is 0.143 e. The SMILES string of the molecule is c1coc(-c2ccc(CN3CCNCC3)s2)c1. The Hall–Kier alpha value is -1.10. The Morgan fingerprint density at radius 1 is 1.24 bits per heavy atom. The van der Waals surface area contributed by atoms with Gasteiger partial charge in [-0.25, -0.2) is 0 Å². The van der Waals surface area contributed by atoms with Gasteiger partial charge in [0.25, 0.3) is 0 Å². The third-order valence-electron chi connectivity index (χ3n) is 3.01. The van der Waals surface area contributed by atoms with Crippen LogP contribution in [0.5, 0.6) is 0 Å². The van der Waals surface area contributed by atoms with Gasteiger partial charge in [-0.05, 0) is 24.3 Å². The summed E-state index contributed by atoms with van der Waals surface area (Å²) in [6.07, 6.45) is 1.73. The van der Waals surface area contributed by atoms with Gasteiger partial charge in [0.2, 0.25) is 0 Å². The van der Waals surface area contributed by atoms with E-state index in [4.69, 9.17) is 4.42 Å². The van der Waals surface area contributed by atoms with Gasteiger partial charge in [0.05, 0.1) is 11.1 Å². The summed E-state index contributed by atoms with van der Waals surface area (Å²) in [7, 11) is 0. The average Bonchev–Trinajstić information content (AvgIpc) is 3.00. The van der Waals surface area contributed by atoms with Crippen molar-refractivity contribution < 1.29 is 4.42 Å². The first kappa shape index (κ1) is 11.0. The molecule has 3 rings (SSSR count). The van der Waals surface area contributed by atoms with Crippen molar-refractivity contribution in [3.05, 3.63) is 35.4 Å². The number of nitrogens with one attached hydrogen (secondary N) is 1. The second-order valence-corrected chi connectivity index (χ2v) is 5.44. The normalized spacial score (nSPS) is 17.4. The third-order valence-corrected chi connectivity index (χ3v) is 4.10. The Balaban J connectivity index is 1.68. The van der Waals surface area contributed by atoms with Gasteiger partial charge < -0.3 is 9.73 Å². The van der Waals surface area contributed by atoms with Crippen LogP contribution in [0.3, 0.4) is 0 Å². The minimum absolute atomic E-state index is 0.974. The van der Waals surface area contributed by atoms with E-state index in [1.165, 1.54) is 9.75 Å². The van der Waals surface area contributed by atoms with Crippen molar-refractivity contribution in [3.63, 3.8) is 0 Å². The molecule has 0 radical (unpaired) electrons. The standard InChI is InChI=1S/C13H16N2OS/c1-2-12(16-9-1)13-4-3-11(17-13)10-15-7-5-14-6-8-15/h1-4,9,14H,5-8,10H2. The van der Waals surface area contributed by atoms with Gasteiger partial charge in [-0.15, -0.1) is 11.3 Å². The Bertz CT molecular complexity index is 457. The summed E-state index contributed by atoms with van der Waals surface area (Å²) < 4.78 is 5.41. The van der Waals surface area contributed by atoms with E-state index < -0.39 is 0 Å². The molecule has 1 aliphatic rings. The van der Waals surface area contributed by atoms with Crippen molar-refractivity contribution in [2.75, 3.05) is 26.2 Å². The van der Waals surface area contributed by atoms with E-state index in [0.717, 1.165) is 38.5 Å². The second kappa shape index (κ2) is 5.04. The summed E-state index contributed by atoms with van der Waals surface area (Å²) in [4.78, 5) is 5.13. The molecule has 0 aliphatic carbocycles. The summed E-state index contributed by atoms with van der Waals surface area (Å²) in [6.45, 7) is 5.57. The number of thiophene rings is 1. The van der Waals surface area contributed by atoms with Crippen LogP contribution in [-0.2, 0) is 6.54 Å². The molecular weight excluding hydrogens is 232 g/mol. The van der Waals surface area contributed by atoms with E-state index in [0.29, 0.717) is 0 Å². The van der Waals surface area contributed by atoms with Gasteiger partial charge >= 0.3 is 0 Å².